The van der Waals surface area contributed by atoms with Crippen molar-refractivity contribution < 1.29 is 4.79 Å². The first kappa shape index (κ1) is 11.8. The van der Waals surface area contributed by atoms with Gasteiger partial charge in [-0.15, -0.1) is 0 Å². The third-order valence-electron chi connectivity index (χ3n) is 3.36. The van der Waals surface area contributed by atoms with E-state index >= 15 is 0 Å². The highest BCUT2D eigenvalue weighted by molar-refractivity contribution is 5.77. The van der Waals surface area contributed by atoms with E-state index in [1.54, 1.807) is 0 Å². The molecule has 0 saturated heterocycles. The molecule has 4 N–H and O–H groups in total. The smallest absolute Gasteiger partial charge is 0.222 e. The van der Waals surface area contributed by atoms with Crippen LogP contribution in [-0.2, 0) is 11.2 Å². The van der Waals surface area contributed by atoms with Crippen molar-refractivity contribution in [3.8, 4) is 0 Å². The number of benzene rings is 1. The van der Waals surface area contributed by atoms with Gasteiger partial charge in [0, 0.05) is 24.5 Å². The third-order valence-corrected chi connectivity index (χ3v) is 3.36. The zero-order chi connectivity index (χ0) is 12.4. The highest BCUT2D eigenvalue weighted by Crippen LogP contribution is 2.31. The minimum absolute atomic E-state index is 0.137. The number of hydrogen-bond donors (Lipinski definition) is 2. The molecule has 1 atom stereocenters. The number of carbonyl (C=O) groups excluding carboxylic acids is 1. The van der Waals surface area contributed by atoms with Crippen molar-refractivity contribution >= 4 is 17.3 Å². The second-order valence-corrected chi connectivity index (χ2v) is 4.70. The Morgan fingerprint density at radius 2 is 2.29 bits per heavy atom. The van der Waals surface area contributed by atoms with Gasteiger partial charge in [-0.2, -0.15) is 0 Å². The van der Waals surface area contributed by atoms with Crippen LogP contribution in [0, 0.1) is 5.92 Å². The number of anilines is 2. The Labute approximate surface area is 102 Å². The first-order valence-electron chi connectivity index (χ1n) is 6.01. The summed E-state index contributed by atoms with van der Waals surface area (Å²) in [6, 6.07) is 5.96. The number of rotatable bonds is 3. The van der Waals surface area contributed by atoms with Crippen molar-refractivity contribution in [3.05, 3.63) is 23.8 Å². The lowest BCUT2D eigenvalue weighted by atomic mass is 9.98. The van der Waals surface area contributed by atoms with Crippen molar-refractivity contribution in [1.82, 2.24) is 0 Å². The summed E-state index contributed by atoms with van der Waals surface area (Å²) >= 11 is 0. The zero-order valence-corrected chi connectivity index (χ0v) is 10.1. The number of fused-ring (bicyclic) bond motifs is 1. The molecular weight excluding hydrogens is 214 g/mol. The normalized spacial score (nSPS) is 16.4. The van der Waals surface area contributed by atoms with Gasteiger partial charge in [0.2, 0.25) is 5.91 Å². The highest BCUT2D eigenvalue weighted by atomic mass is 16.1. The molecule has 1 unspecified atom stereocenters. The van der Waals surface area contributed by atoms with E-state index in [4.69, 9.17) is 11.5 Å². The molecule has 0 aliphatic carbocycles. The molecule has 1 aromatic carbocycles. The molecule has 0 bridgehead atoms. The number of nitrogens with zero attached hydrogens (tertiary/aromatic N) is 1. The van der Waals surface area contributed by atoms with E-state index < -0.39 is 0 Å². The zero-order valence-electron chi connectivity index (χ0n) is 10.1. The molecule has 1 aromatic rings. The molecule has 1 heterocycles. The molecule has 0 radical (unpaired) electrons. The Hall–Kier alpha value is -1.71. The summed E-state index contributed by atoms with van der Waals surface area (Å²) < 4.78 is 0. The summed E-state index contributed by atoms with van der Waals surface area (Å²) in [5, 5.41) is 0. The molecule has 0 spiro atoms. The molecule has 0 aromatic heterocycles. The average molecular weight is 233 g/mol. The molecule has 17 heavy (non-hydrogen) atoms. The van der Waals surface area contributed by atoms with E-state index in [9.17, 15) is 4.79 Å². The summed E-state index contributed by atoms with van der Waals surface area (Å²) in [5.74, 6) is -0.386. The molecule has 92 valence electrons. The SMILES string of the molecule is CC(CN1CCCc2c(N)cccc21)C(N)=O. The molecule has 4 heteroatoms. The maximum Gasteiger partial charge on any atom is 0.222 e. The van der Waals surface area contributed by atoms with Crippen molar-refractivity contribution in [1.29, 1.82) is 0 Å². The Balaban J connectivity index is 2.23. The molecule has 0 saturated carbocycles. The maximum atomic E-state index is 11.1. The second kappa shape index (κ2) is 4.65. The van der Waals surface area contributed by atoms with E-state index in [0.29, 0.717) is 6.54 Å². The van der Waals surface area contributed by atoms with Crippen molar-refractivity contribution in [2.24, 2.45) is 11.7 Å². The van der Waals surface area contributed by atoms with Crippen LogP contribution in [0.3, 0.4) is 0 Å². The number of amides is 1. The van der Waals surface area contributed by atoms with Crippen LogP contribution >= 0.6 is 0 Å². The molecule has 1 aliphatic heterocycles. The van der Waals surface area contributed by atoms with Crippen LogP contribution in [0.4, 0.5) is 11.4 Å². The largest absolute Gasteiger partial charge is 0.398 e. The van der Waals surface area contributed by atoms with Gasteiger partial charge in [-0.05, 0) is 30.5 Å². The van der Waals surface area contributed by atoms with Gasteiger partial charge < -0.3 is 16.4 Å². The van der Waals surface area contributed by atoms with Gasteiger partial charge in [0.25, 0.3) is 0 Å². The molecule has 2 rings (SSSR count). The lowest BCUT2D eigenvalue weighted by molar-refractivity contribution is -0.121. The molecule has 1 amide bonds. The first-order valence-corrected chi connectivity index (χ1v) is 6.01. The first-order chi connectivity index (χ1) is 8.09. The van der Waals surface area contributed by atoms with E-state index in [1.165, 1.54) is 5.56 Å². The van der Waals surface area contributed by atoms with Crippen LogP contribution in [0.1, 0.15) is 18.9 Å². The van der Waals surface area contributed by atoms with Gasteiger partial charge in [-0.3, -0.25) is 4.79 Å². The predicted octanol–water partition coefficient (Wildman–Crippen LogP) is 1.14. The summed E-state index contributed by atoms with van der Waals surface area (Å²) in [5.41, 5.74) is 14.5. The van der Waals surface area contributed by atoms with Gasteiger partial charge >= 0.3 is 0 Å². The van der Waals surface area contributed by atoms with Crippen molar-refractivity contribution in [2.45, 2.75) is 19.8 Å². The maximum absolute atomic E-state index is 11.1. The fourth-order valence-electron chi connectivity index (χ4n) is 2.34. The summed E-state index contributed by atoms with van der Waals surface area (Å²) in [6.45, 7) is 3.50. The fourth-order valence-corrected chi connectivity index (χ4v) is 2.34. The Kier molecular flexibility index (Phi) is 3.22. The molecule has 4 nitrogen and oxygen atoms in total. The quantitative estimate of drug-likeness (QED) is 0.769. The van der Waals surface area contributed by atoms with Crippen LogP contribution < -0.4 is 16.4 Å². The number of nitrogens with two attached hydrogens (primary N) is 2. The van der Waals surface area contributed by atoms with Gasteiger partial charge in [0.05, 0.1) is 5.92 Å². The van der Waals surface area contributed by atoms with Gasteiger partial charge in [0.1, 0.15) is 0 Å². The summed E-state index contributed by atoms with van der Waals surface area (Å²) in [7, 11) is 0. The predicted molar refractivity (Wildman–Crippen MR) is 69.7 cm³/mol. The average Bonchev–Trinajstić information content (AvgIpc) is 2.30. The minimum Gasteiger partial charge on any atom is -0.398 e. The van der Waals surface area contributed by atoms with Gasteiger partial charge in [0.15, 0.2) is 0 Å². The van der Waals surface area contributed by atoms with Crippen LogP contribution in [0.2, 0.25) is 0 Å². The topological polar surface area (TPSA) is 72.3 Å². The Bertz CT molecular complexity index is 431. The number of primary amides is 1. The Morgan fingerprint density at radius 3 is 3.00 bits per heavy atom. The van der Waals surface area contributed by atoms with Gasteiger partial charge in [-0.25, -0.2) is 0 Å². The summed E-state index contributed by atoms with van der Waals surface area (Å²) in [6.07, 6.45) is 2.09. The van der Waals surface area contributed by atoms with Crippen molar-refractivity contribution in [3.63, 3.8) is 0 Å². The fraction of sp³-hybridized carbons (Fsp3) is 0.462. The number of hydrogen-bond acceptors (Lipinski definition) is 3. The second-order valence-electron chi connectivity index (χ2n) is 4.70. The number of carbonyl (C=O) groups is 1. The monoisotopic (exact) mass is 233 g/mol. The lowest BCUT2D eigenvalue weighted by Crippen LogP contribution is -2.37. The van der Waals surface area contributed by atoms with Crippen LogP contribution in [0.5, 0.6) is 0 Å². The third kappa shape index (κ3) is 2.35. The summed E-state index contributed by atoms with van der Waals surface area (Å²) in [4.78, 5) is 13.3. The molecular formula is C13H19N3O. The Morgan fingerprint density at radius 1 is 1.53 bits per heavy atom. The van der Waals surface area contributed by atoms with E-state index in [0.717, 1.165) is 30.8 Å². The van der Waals surface area contributed by atoms with E-state index in [2.05, 4.69) is 11.0 Å². The standard InChI is InChI=1S/C13H19N3O/c1-9(13(15)17)8-16-7-3-4-10-11(14)5-2-6-12(10)16/h2,5-6,9H,3-4,7-8,14H2,1H3,(H2,15,17). The lowest BCUT2D eigenvalue weighted by Gasteiger charge is -2.33. The minimum atomic E-state index is -0.249. The molecule has 0 fully saturated rings. The highest BCUT2D eigenvalue weighted by Gasteiger charge is 2.21. The molecule has 1 aliphatic rings. The number of nitrogen functional groups attached to an aromatic ring is 1. The van der Waals surface area contributed by atoms with Crippen LogP contribution in [0.25, 0.3) is 0 Å². The van der Waals surface area contributed by atoms with Crippen LogP contribution in [0.15, 0.2) is 18.2 Å². The van der Waals surface area contributed by atoms with Crippen LogP contribution in [-0.4, -0.2) is 19.0 Å². The van der Waals surface area contributed by atoms with Crippen molar-refractivity contribution in [2.75, 3.05) is 23.7 Å². The van der Waals surface area contributed by atoms with E-state index in [-0.39, 0.29) is 11.8 Å². The van der Waals surface area contributed by atoms with E-state index in [1.807, 2.05) is 19.1 Å². The van der Waals surface area contributed by atoms with Gasteiger partial charge in [-0.1, -0.05) is 13.0 Å².